The van der Waals surface area contributed by atoms with Gasteiger partial charge in [-0.1, -0.05) is 43.2 Å². The summed E-state index contributed by atoms with van der Waals surface area (Å²) in [5.41, 5.74) is 0.836. The second-order valence-electron chi connectivity index (χ2n) is 8.98. The van der Waals surface area contributed by atoms with E-state index >= 15 is 0 Å². The third-order valence-corrected chi connectivity index (χ3v) is 7.16. The van der Waals surface area contributed by atoms with Gasteiger partial charge in [0.05, 0.1) is 18.4 Å². The van der Waals surface area contributed by atoms with E-state index in [1.54, 1.807) is 18.3 Å². The largest absolute Gasteiger partial charge is 0.492 e. The molecule has 0 bridgehead atoms. The number of aliphatic hydroxyl groups is 1. The topological polar surface area (TPSA) is 69.4 Å². The highest BCUT2D eigenvalue weighted by Gasteiger charge is 2.46. The number of ether oxygens (including phenoxy) is 1. The van der Waals surface area contributed by atoms with Crippen LogP contribution >= 0.6 is 0 Å². The van der Waals surface area contributed by atoms with Crippen molar-refractivity contribution < 1.29 is 9.84 Å². The molecule has 5 nitrogen and oxygen atoms in total. The highest BCUT2D eigenvalue weighted by molar-refractivity contribution is 5.27. The van der Waals surface area contributed by atoms with Crippen LogP contribution in [0.4, 0.5) is 0 Å². The van der Waals surface area contributed by atoms with Crippen LogP contribution in [0.25, 0.3) is 0 Å². The van der Waals surface area contributed by atoms with Gasteiger partial charge in [-0.05, 0) is 74.7 Å². The number of pyridine rings is 1. The number of likely N-dealkylation sites (tertiary alicyclic amines) is 1. The summed E-state index contributed by atoms with van der Waals surface area (Å²) in [6.45, 7) is 3.71. The minimum atomic E-state index is -0.685. The van der Waals surface area contributed by atoms with E-state index in [0.29, 0.717) is 29.9 Å². The number of benzene rings is 1. The maximum absolute atomic E-state index is 12.0. The first-order chi connectivity index (χ1) is 15.2. The Hall–Kier alpha value is -2.42. The maximum atomic E-state index is 12.0. The Morgan fingerprint density at radius 1 is 1.03 bits per heavy atom. The molecule has 2 aromatic rings. The van der Waals surface area contributed by atoms with Crippen molar-refractivity contribution in [2.24, 2.45) is 11.8 Å². The van der Waals surface area contributed by atoms with Crippen LogP contribution < -0.4 is 4.74 Å². The van der Waals surface area contributed by atoms with Gasteiger partial charge in [0.1, 0.15) is 17.5 Å². The minimum absolute atomic E-state index is 0.329. The van der Waals surface area contributed by atoms with Crippen molar-refractivity contribution in [3.05, 3.63) is 59.9 Å². The van der Waals surface area contributed by atoms with Crippen LogP contribution in [-0.2, 0) is 5.60 Å². The Balaban J connectivity index is 1.27. The van der Waals surface area contributed by atoms with Crippen LogP contribution in [0.5, 0.6) is 5.75 Å². The first-order valence-corrected chi connectivity index (χ1v) is 11.7. The van der Waals surface area contributed by atoms with Gasteiger partial charge in [0.2, 0.25) is 0 Å². The fraction of sp³-hybridized carbons (Fsp3) is 0.538. The molecule has 0 radical (unpaired) electrons. The van der Waals surface area contributed by atoms with Crippen molar-refractivity contribution in [1.82, 2.24) is 9.88 Å². The van der Waals surface area contributed by atoms with Crippen molar-refractivity contribution in [3.8, 4) is 11.8 Å². The highest BCUT2D eigenvalue weighted by atomic mass is 16.5. The summed E-state index contributed by atoms with van der Waals surface area (Å²) in [7, 11) is 0. The Kier molecular flexibility index (Phi) is 7.21. The average molecular weight is 420 g/mol. The molecule has 1 unspecified atom stereocenters. The van der Waals surface area contributed by atoms with Crippen molar-refractivity contribution in [2.75, 3.05) is 26.2 Å². The van der Waals surface area contributed by atoms with E-state index in [4.69, 9.17) is 10.00 Å². The Morgan fingerprint density at radius 2 is 1.74 bits per heavy atom. The monoisotopic (exact) mass is 419 g/mol. The molecule has 1 aromatic heterocycles. The third kappa shape index (κ3) is 5.08. The van der Waals surface area contributed by atoms with Crippen molar-refractivity contribution in [2.45, 2.75) is 50.5 Å². The molecular weight excluding hydrogens is 386 g/mol. The molecule has 2 aliphatic rings. The first-order valence-electron chi connectivity index (χ1n) is 11.7. The van der Waals surface area contributed by atoms with Gasteiger partial charge in [0.15, 0.2) is 0 Å². The summed E-state index contributed by atoms with van der Waals surface area (Å²) >= 11 is 0. The second kappa shape index (κ2) is 10.3. The predicted molar refractivity (Wildman–Crippen MR) is 121 cm³/mol. The molecular formula is C26H33N3O2. The Morgan fingerprint density at radius 3 is 2.39 bits per heavy atom. The molecule has 1 saturated heterocycles. The van der Waals surface area contributed by atoms with Crippen LogP contribution in [0.3, 0.4) is 0 Å². The summed E-state index contributed by atoms with van der Waals surface area (Å²) in [6, 6.07) is 15.9. The van der Waals surface area contributed by atoms with E-state index in [0.717, 1.165) is 57.3 Å². The summed E-state index contributed by atoms with van der Waals surface area (Å²) in [6.07, 6.45) is 9.43. The molecule has 1 aliphatic heterocycles. The minimum Gasteiger partial charge on any atom is -0.492 e. The number of nitriles is 1. The molecule has 2 heterocycles. The molecule has 31 heavy (non-hydrogen) atoms. The van der Waals surface area contributed by atoms with Crippen LogP contribution in [0.2, 0.25) is 0 Å². The molecule has 164 valence electrons. The lowest BCUT2D eigenvalue weighted by atomic mass is 9.68. The van der Waals surface area contributed by atoms with Crippen LogP contribution in [0.1, 0.15) is 56.2 Å². The van der Waals surface area contributed by atoms with Gasteiger partial charge in [0.25, 0.3) is 0 Å². The van der Waals surface area contributed by atoms with Crippen molar-refractivity contribution in [3.63, 3.8) is 0 Å². The predicted octanol–water partition coefficient (Wildman–Crippen LogP) is 4.51. The lowest BCUT2D eigenvalue weighted by molar-refractivity contribution is -0.0934. The average Bonchev–Trinajstić information content (AvgIpc) is 3.38. The van der Waals surface area contributed by atoms with E-state index < -0.39 is 5.60 Å². The van der Waals surface area contributed by atoms with Crippen molar-refractivity contribution >= 4 is 0 Å². The van der Waals surface area contributed by atoms with Crippen LogP contribution in [0.15, 0.2) is 48.7 Å². The molecule has 1 saturated carbocycles. The fourth-order valence-corrected chi connectivity index (χ4v) is 5.48. The zero-order valence-electron chi connectivity index (χ0n) is 18.2. The van der Waals surface area contributed by atoms with Crippen LogP contribution in [-0.4, -0.2) is 41.2 Å². The first kappa shape index (κ1) is 21.8. The molecule has 1 atom stereocenters. The Bertz CT molecular complexity index is 850. The zero-order chi connectivity index (χ0) is 21.5. The fourth-order valence-electron chi connectivity index (χ4n) is 5.48. The molecule has 0 amide bonds. The van der Waals surface area contributed by atoms with Gasteiger partial charge in [-0.3, -0.25) is 0 Å². The van der Waals surface area contributed by atoms with Gasteiger partial charge in [-0.15, -0.1) is 0 Å². The molecule has 0 spiro atoms. The molecule has 2 fully saturated rings. The third-order valence-electron chi connectivity index (χ3n) is 7.16. The second-order valence-corrected chi connectivity index (χ2v) is 8.98. The van der Waals surface area contributed by atoms with Gasteiger partial charge in [0, 0.05) is 6.54 Å². The number of nitrogens with zero attached hydrogens (tertiary/aromatic N) is 3. The number of rotatable bonds is 8. The molecule has 1 aliphatic carbocycles. The molecule has 1 aromatic carbocycles. The normalized spacial score (nSPS) is 20.3. The zero-order valence-corrected chi connectivity index (χ0v) is 18.2. The molecule has 4 rings (SSSR count). The van der Waals surface area contributed by atoms with Gasteiger partial charge in [-0.25, -0.2) is 4.98 Å². The van der Waals surface area contributed by atoms with E-state index in [2.05, 4.69) is 34.1 Å². The standard InChI is InChI=1S/C26H33N3O2/c27-19-24-11-12-25(20-28-24)31-18-6-15-29-16-13-23(14-17-29)26(30,22-9-4-5-10-22)21-7-2-1-3-8-21/h1-3,7-8,11-12,20,22-23,30H,4-6,9-10,13-18H2. The van der Waals surface area contributed by atoms with Gasteiger partial charge >= 0.3 is 0 Å². The van der Waals surface area contributed by atoms with E-state index in [9.17, 15) is 5.11 Å². The quantitative estimate of drug-likeness (QED) is 0.638. The number of aromatic nitrogens is 1. The number of hydrogen-bond acceptors (Lipinski definition) is 5. The number of piperidine rings is 1. The summed E-state index contributed by atoms with van der Waals surface area (Å²) < 4.78 is 5.76. The van der Waals surface area contributed by atoms with Gasteiger partial charge < -0.3 is 14.7 Å². The summed E-state index contributed by atoms with van der Waals surface area (Å²) in [5.74, 6) is 1.43. The lowest BCUT2D eigenvalue weighted by Crippen LogP contribution is -2.47. The number of hydrogen-bond donors (Lipinski definition) is 1. The van der Waals surface area contributed by atoms with Crippen LogP contribution in [0, 0.1) is 23.2 Å². The highest BCUT2D eigenvalue weighted by Crippen LogP contribution is 2.48. The van der Waals surface area contributed by atoms with Crippen molar-refractivity contribution in [1.29, 1.82) is 5.26 Å². The van der Waals surface area contributed by atoms with Gasteiger partial charge in [-0.2, -0.15) is 5.26 Å². The molecule has 1 N–H and O–H groups in total. The van der Waals surface area contributed by atoms with E-state index in [-0.39, 0.29) is 0 Å². The Labute approximate surface area is 185 Å². The van der Waals surface area contributed by atoms with E-state index in [1.165, 1.54) is 12.8 Å². The lowest BCUT2D eigenvalue weighted by Gasteiger charge is -2.45. The summed E-state index contributed by atoms with van der Waals surface area (Å²) in [4.78, 5) is 6.53. The summed E-state index contributed by atoms with van der Waals surface area (Å²) in [5, 5.41) is 20.8. The van der Waals surface area contributed by atoms with E-state index in [1.807, 2.05) is 12.1 Å². The SMILES string of the molecule is N#Cc1ccc(OCCCN2CCC(C(O)(c3ccccc3)C3CCCC3)CC2)cn1. The smallest absolute Gasteiger partial charge is 0.140 e. The maximum Gasteiger partial charge on any atom is 0.140 e. The molecule has 5 heteroatoms.